The minimum atomic E-state index is -0.245. The maximum absolute atomic E-state index is 12.3. The third-order valence-electron chi connectivity index (χ3n) is 3.46. The molecular formula is C18H20ClNO2. The molecule has 0 spiro atoms. The van der Waals surface area contributed by atoms with E-state index < -0.39 is 0 Å². The molecule has 0 radical (unpaired) electrons. The lowest BCUT2D eigenvalue weighted by atomic mass is 10.1. The fourth-order valence-corrected chi connectivity index (χ4v) is 2.47. The van der Waals surface area contributed by atoms with Crippen LogP contribution in [0, 0.1) is 0 Å². The van der Waals surface area contributed by atoms with E-state index in [1.165, 1.54) is 25.5 Å². The molecule has 0 aliphatic carbocycles. The molecule has 0 fully saturated rings. The summed E-state index contributed by atoms with van der Waals surface area (Å²) in [5, 5.41) is 3.18. The largest absolute Gasteiger partial charge is 0.495 e. The van der Waals surface area contributed by atoms with Crippen LogP contribution in [0.5, 0.6) is 5.75 Å². The van der Waals surface area contributed by atoms with E-state index in [-0.39, 0.29) is 5.91 Å². The standard InChI is InChI=1S/C18H20ClNO2/c1-3-4-6-13-9-11-14(12-10-13)20-18(21)15-7-5-8-16(22-2)17(15)19/h5,7-12H,3-4,6H2,1-2H3,(H,20,21). The topological polar surface area (TPSA) is 38.3 Å². The van der Waals surface area contributed by atoms with Crippen molar-refractivity contribution < 1.29 is 9.53 Å². The van der Waals surface area contributed by atoms with Crippen LogP contribution >= 0.6 is 11.6 Å². The van der Waals surface area contributed by atoms with Crippen LogP contribution in [0.15, 0.2) is 42.5 Å². The molecule has 0 heterocycles. The second-order valence-corrected chi connectivity index (χ2v) is 5.45. The molecular weight excluding hydrogens is 298 g/mol. The number of unbranched alkanes of at least 4 members (excludes halogenated alkanes) is 1. The third kappa shape index (κ3) is 4.01. The first-order valence-electron chi connectivity index (χ1n) is 7.38. The van der Waals surface area contributed by atoms with Gasteiger partial charge in [0.2, 0.25) is 0 Å². The van der Waals surface area contributed by atoms with Crippen molar-refractivity contribution in [1.82, 2.24) is 0 Å². The number of hydrogen-bond donors (Lipinski definition) is 1. The summed E-state index contributed by atoms with van der Waals surface area (Å²) in [5.41, 5.74) is 2.43. The van der Waals surface area contributed by atoms with Gasteiger partial charge in [-0.15, -0.1) is 0 Å². The highest BCUT2D eigenvalue weighted by molar-refractivity contribution is 6.35. The molecule has 1 amide bonds. The summed E-state index contributed by atoms with van der Waals surface area (Å²) in [6, 6.07) is 13.1. The van der Waals surface area contributed by atoms with Crippen LogP contribution < -0.4 is 10.1 Å². The molecule has 2 rings (SSSR count). The lowest BCUT2D eigenvalue weighted by Gasteiger charge is -2.10. The van der Waals surface area contributed by atoms with Crippen LogP contribution in [-0.4, -0.2) is 13.0 Å². The summed E-state index contributed by atoms with van der Waals surface area (Å²) in [7, 11) is 1.53. The number of hydrogen-bond acceptors (Lipinski definition) is 2. The number of ether oxygens (including phenoxy) is 1. The molecule has 2 aromatic carbocycles. The predicted molar refractivity (Wildman–Crippen MR) is 91.0 cm³/mol. The van der Waals surface area contributed by atoms with Gasteiger partial charge in [0.05, 0.1) is 17.7 Å². The van der Waals surface area contributed by atoms with Crippen molar-refractivity contribution in [3.8, 4) is 5.75 Å². The van der Waals surface area contributed by atoms with Gasteiger partial charge in [-0.1, -0.05) is 43.1 Å². The highest BCUT2D eigenvalue weighted by atomic mass is 35.5. The molecule has 0 atom stereocenters. The van der Waals surface area contributed by atoms with Crippen molar-refractivity contribution >= 4 is 23.2 Å². The number of methoxy groups -OCH3 is 1. The Labute approximate surface area is 136 Å². The quantitative estimate of drug-likeness (QED) is 0.819. The minimum absolute atomic E-state index is 0.245. The molecule has 0 aliphatic rings. The summed E-state index contributed by atoms with van der Waals surface area (Å²) in [6.07, 6.45) is 3.41. The van der Waals surface area contributed by atoms with Crippen molar-refractivity contribution in [3.63, 3.8) is 0 Å². The fourth-order valence-electron chi connectivity index (χ4n) is 2.18. The van der Waals surface area contributed by atoms with Crippen LogP contribution in [0.3, 0.4) is 0 Å². The minimum Gasteiger partial charge on any atom is -0.495 e. The lowest BCUT2D eigenvalue weighted by Crippen LogP contribution is -2.12. The van der Waals surface area contributed by atoms with Gasteiger partial charge in [0, 0.05) is 5.69 Å². The second kappa shape index (κ2) is 7.85. The predicted octanol–water partition coefficient (Wildman–Crippen LogP) is 4.94. The summed E-state index contributed by atoms with van der Waals surface area (Å²) >= 11 is 6.17. The van der Waals surface area contributed by atoms with Gasteiger partial charge < -0.3 is 10.1 Å². The summed E-state index contributed by atoms with van der Waals surface area (Å²) in [5.74, 6) is 0.245. The Morgan fingerprint density at radius 2 is 1.91 bits per heavy atom. The van der Waals surface area contributed by atoms with Crippen LogP contribution in [0.1, 0.15) is 35.7 Å². The molecule has 4 heteroatoms. The first kappa shape index (κ1) is 16.4. The molecule has 3 nitrogen and oxygen atoms in total. The van der Waals surface area contributed by atoms with Gasteiger partial charge in [-0.3, -0.25) is 4.79 Å². The maximum Gasteiger partial charge on any atom is 0.257 e. The normalized spacial score (nSPS) is 10.3. The van der Waals surface area contributed by atoms with Crippen LogP contribution in [-0.2, 0) is 6.42 Å². The molecule has 0 bridgehead atoms. The van der Waals surface area contributed by atoms with Gasteiger partial charge in [-0.25, -0.2) is 0 Å². The van der Waals surface area contributed by atoms with E-state index in [0.717, 1.165) is 12.1 Å². The van der Waals surface area contributed by atoms with E-state index in [9.17, 15) is 4.79 Å². The van der Waals surface area contributed by atoms with E-state index >= 15 is 0 Å². The van der Waals surface area contributed by atoms with Crippen molar-refractivity contribution in [2.75, 3.05) is 12.4 Å². The molecule has 0 unspecified atom stereocenters. The zero-order chi connectivity index (χ0) is 15.9. The number of carbonyl (C=O) groups is 1. The Hall–Kier alpha value is -2.00. The van der Waals surface area contributed by atoms with Gasteiger partial charge in [-0.2, -0.15) is 0 Å². The Kier molecular flexibility index (Phi) is 5.84. The first-order valence-corrected chi connectivity index (χ1v) is 7.76. The number of anilines is 1. The maximum atomic E-state index is 12.3. The molecule has 2 aromatic rings. The number of halogens is 1. The highest BCUT2D eigenvalue weighted by Gasteiger charge is 2.13. The van der Waals surface area contributed by atoms with Crippen molar-refractivity contribution in [1.29, 1.82) is 0 Å². The summed E-state index contributed by atoms with van der Waals surface area (Å²) < 4.78 is 5.13. The number of amides is 1. The average molecular weight is 318 g/mol. The number of aryl methyl sites for hydroxylation is 1. The number of rotatable bonds is 6. The van der Waals surface area contributed by atoms with E-state index in [2.05, 4.69) is 12.2 Å². The van der Waals surface area contributed by atoms with E-state index in [4.69, 9.17) is 16.3 Å². The Morgan fingerprint density at radius 3 is 2.55 bits per heavy atom. The zero-order valence-electron chi connectivity index (χ0n) is 12.9. The molecule has 1 N–H and O–H groups in total. The van der Waals surface area contributed by atoms with Gasteiger partial charge in [0.1, 0.15) is 5.75 Å². The van der Waals surface area contributed by atoms with Crippen LogP contribution in [0.2, 0.25) is 5.02 Å². The SMILES string of the molecule is CCCCc1ccc(NC(=O)c2cccc(OC)c2Cl)cc1. The van der Waals surface area contributed by atoms with Crippen LogP contribution in [0.25, 0.3) is 0 Å². The number of benzene rings is 2. The van der Waals surface area contributed by atoms with Crippen LogP contribution in [0.4, 0.5) is 5.69 Å². The molecule has 0 saturated heterocycles. The number of carbonyl (C=O) groups excluding carboxylic acids is 1. The summed E-state index contributed by atoms with van der Waals surface area (Å²) in [6.45, 7) is 2.17. The van der Waals surface area contributed by atoms with E-state index in [0.29, 0.717) is 16.3 Å². The molecule has 116 valence electrons. The monoisotopic (exact) mass is 317 g/mol. The highest BCUT2D eigenvalue weighted by Crippen LogP contribution is 2.28. The average Bonchev–Trinajstić information content (AvgIpc) is 2.54. The van der Waals surface area contributed by atoms with E-state index in [1.807, 2.05) is 24.3 Å². The van der Waals surface area contributed by atoms with Gasteiger partial charge >= 0.3 is 0 Å². The Bertz CT molecular complexity index is 638. The Balaban J connectivity index is 2.09. The van der Waals surface area contributed by atoms with Gasteiger partial charge in [0.25, 0.3) is 5.91 Å². The zero-order valence-corrected chi connectivity index (χ0v) is 13.6. The number of nitrogens with one attached hydrogen (secondary N) is 1. The third-order valence-corrected chi connectivity index (χ3v) is 3.85. The van der Waals surface area contributed by atoms with Crippen molar-refractivity contribution in [3.05, 3.63) is 58.6 Å². The first-order chi connectivity index (χ1) is 10.7. The fraction of sp³-hybridized carbons (Fsp3) is 0.278. The van der Waals surface area contributed by atoms with Gasteiger partial charge in [0.15, 0.2) is 0 Å². The second-order valence-electron chi connectivity index (χ2n) is 5.08. The summed E-state index contributed by atoms with van der Waals surface area (Å²) in [4.78, 5) is 12.3. The van der Waals surface area contributed by atoms with Crippen molar-refractivity contribution in [2.24, 2.45) is 0 Å². The Morgan fingerprint density at radius 1 is 1.18 bits per heavy atom. The molecule has 0 saturated carbocycles. The van der Waals surface area contributed by atoms with Gasteiger partial charge in [-0.05, 0) is 42.7 Å². The lowest BCUT2D eigenvalue weighted by molar-refractivity contribution is 0.102. The smallest absolute Gasteiger partial charge is 0.257 e. The van der Waals surface area contributed by atoms with E-state index in [1.54, 1.807) is 18.2 Å². The molecule has 0 aliphatic heterocycles. The van der Waals surface area contributed by atoms with Crippen molar-refractivity contribution in [2.45, 2.75) is 26.2 Å². The molecule has 0 aromatic heterocycles. The molecule has 22 heavy (non-hydrogen) atoms.